The van der Waals surface area contributed by atoms with Crippen LogP contribution in [0.1, 0.15) is 81.3 Å². The highest BCUT2D eigenvalue weighted by atomic mass is 16.3. The second-order valence-corrected chi connectivity index (χ2v) is 10.9. The zero-order valence-corrected chi connectivity index (χ0v) is 23.7. The standard InChI is InChI=1S/C34H38O6/c1-6-7-26(27-14-24(29(35)16-31(27)37)12-22-8-18(2)33(39)19(3)9-22)28-15-25(30(36)17-32(28)38)13-23-10-20(4)34(40)21(5)11-23/h8-11,14-17,26,35-40H,6-7,12-13H2,1-5H3. The Labute approximate surface area is 235 Å². The van der Waals surface area contributed by atoms with E-state index in [4.69, 9.17) is 0 Å². The van der Waals surface area contributed by atoms with Crippen LogP contribution in [-0.2, 0) is 12.8 Å². The van der Waals surface area contributed by atoms with Gasteiger partial charge in [0, 0.05) is 42.0 Å². The summed E-state index contributed by atoms with van der Waals surface area (Å²) in [6.45, 7) is 9.34. The fraction of sp³-hybridized carbons (Fsp3) is 0.294. The van der Waals surface area contributed by atoms with Crippen LogP contribution in [0.3, 0.4) is 0 Å². The summed E-state index contributed by atoms with van der Waals surface area (Å²) in [5.74, 6) is -0.109. The second kappa shape index (κ2) is 11.4. The number of hydrogen-bond acceptors (Lipinski definition) is 6. The first kappa shape index (κ1) is 28.7. The molecule has 0 saturated heterocycles. The first-order chi connectivity index (χ1) is 18.9. The zero-order chi connectivity index (χ0) is 29.3. The summed E-state index contributed by atoms with van der Waals surface area (Å²) in [6, 6.07) is 13.8. The molecule has 40 heavy (non-hydrogen) atoms. The Balaban J connectivity index is 1.77. The van der Waals surface area contributed by atoms with Crippen molar-refractivity contribution in [2.75, 3.05) is 0 Å². The lowest BCUT2D eigenvalue weighted by atomic mass is 9.83. The molecule has 0 heterocycles. The summed E-state index contributed by atoms with van der Waals surface area (Å²) in [6.07, 6.45) is 2.17. The third-order valence-electron chi connectivity index (χ3n) is 7.67. The summed E-state index contributed by atoms with van der Waals surface area (Å²) in [5, 5.41) is 63.6. The molecule has 0 aliphatic rings. The van der Waals surface area contributed by atoms with E-state index in [0.717, 1.165) is 39.8 Å². The topological polar surface area (TPSA) is 121 Å². The minimum Gasteiger partial charge on any atom is -0.508 e. The van der Waals surface area contributed by atoms with Crippen LogP contribution in [0.25, 0.3) is 0 Å². The number of rotatable bonds is 8. The third-order valence-corrected chi connectivity index (χ3v) is 7.67. The zero-order valence-electron chi connectivity index (χ0n) is 23.7. The molecule has 0 saturated carbocycles. The average Bonchev–Trinajstić information content (AvgIpc) is 2.88. The summed E-state index contributed by atoms with van der Waals surface area (Å²) in [5.41, 5.74) is 7.21. The molecule has 0 fully saturated rings. The Morgan fingerprint density at radius 2 is 0.850 bits per heavy atom. The molecule has 210 valence electrons. The van der Waals surface area contributed by atoms with E-state index in [-0.39, 0.29) is 34.5 Å². The molecule has 0 spiro atoms. The molecule has 4 aromatic rings. The van der Waals surface area contributed by atoms with Gasteiger partial charge in [0.2, 0.25) is 0 Å². The van der Waals surface area contributed by atoms with Crippen molar-refractivity contribution in [2.24, 2.45) is 0 Å². The van der Waals surface area contributed by atoms with Gasteiger partial charge >= 0.3 is 0 Å². The van der Waals surface area contributed by atoms with Crippen LogP contribution in [0.4, 0.5) is 0 Å². The monoisotopic (exact) mass is 542 g/mol. The number of phenols is 6. The lowest BCUT2D eigenvalue weighted by molar-refractivity contribution is 0.431. The fourth-order valence-corrected chi connectivity index (χ4v) is 5.63. The van der Waals surface area contributed by atoms with Gasteiger partial charge < -0.3 is 30.6 Å². The molecule has 0 unspecified atom stereocenters. The number of phenolic OH excluding ortho intramolecular Hbond substituents is 6. The Kier molecular flexibility index (Phi) is 8.19. The van der Waals surface area contributed by atoms with Crippen molar-refractivity contribution in [3.63, 3.8) is 0 Å². The van der Waals surface area contributed by atoms with Gasteiger partial charge in [0.05, 0.1) is 0 Å². The van der Waals surface area contributed by atoms with E-state index >= 15 is 0 Å². The average molecular weight is 543 g/mol. The van der Waals surface area contributed by atoms with Gasteiger partial charge in [-0.2, -0.15) is 0 Å². The van der Waals surface area contributed by atoms with E-state index < -0.39 is 5.92 Å². The predicted molar refractivity (Wildman–Crippen MR) is 157 cm³/mol. The quantitative estimate of drug-likeness (QED) is 0.139. The Morgan fingerprint density at radius 3 is 1.18 bits per heavy atom. The van der Waals surface area contributed by atoms with Crippen molar-refractivity contribution in [1.82, 2.24) is 0 Å². The first-order valence-corrected chi connectivity index (χ1v) is 13.6. The van der Waals surface area contributed by atoms with Gasteiger partial charge in [0.25, 0.3) is 0 Å². The van der Waals surface area contributed by atoms with E-state index in [1.807, 2.05) is 58.9 Å². The summed E-state index contributed by atoms with van der Waals surface area (Å²) < 4.78 is 0. The lowest BCUT2D eigenvalue weighted by Gasteiger charge is -2.22. The molecule has 0 aliphatic carbocycles. The molecular formula is C34H38O6. The molecule has 6 heteroatoms. The SMILES string of the molecule is CCCC(c1cc(Cc2cc(C)c(O)c(C)c2)c(O)cc1O)c1cc(Cc2cc(C)c(O)c(C)c2)c(O)cc1O. The van der Waals surface area contributed by atoms with Gasteiger partial charge in [-0.05, 0) is 90.8 Å². The molecule has 0 atom stereocenters. The van der Waals surface area contributed by atoms with Crippen molar-refractivity contribution < 1.29 is 30.6 Å². The number of benzene rings is 4. The van der Waals surface area contributed by atoms with Crippen LogP contribution in [0.15, 0.2) is 48.5 Å². The Bertz CT molecular complexity index is 1410. The molecular weight excluding hydrogens is 504 g/mol. The van der Waals surface area contributed by atoms with Gasteiger partial charge in [0.15, 0.2) is 0 Å². The number of aryl methyl sites for hydroxylation is 4. The van der Waals surface area contributed by atoms with E-state index in [2.05, 4.69) is 0 Å². The van der Waals surface area contributed by atoms with Gasteiger partial charge in [0.1, 0.15) is 34.5 Å². The third kappa shape index (κ3) is 5.81. The molecule has 4 rings (SSSR count). The number of hydrogen-bond donors (Lipinski definition) is 6. The van der Waals surface area contributed by atoms with Crippen molar-refractivity contribution in [3.8, 4) is 34.5 Å². The van der Waals surface area contributed by atoms with E-state index in [9.17, 15) is 30.6 Å². The van der Waals surface area contributed by atoms with Crippen molar-refractivity contribution in [1.29, 1.82) is 0 Å². The lowest BCUT2D eigenvalue weighted by Crippen LogP contribution is -2.05. The van der Waals surface area contributed by atoms with Crippen molar-refractivity contribution in [3.05, 3.63) is 104 Å². The smallest absolute Gasteiger partial charge is 0.123 e. The molecule has 0 bridgehead atoms. The van der Waals surface area contributed by atoms with E-state index in [1.165, 1.54) is 12.1 Å². The first-order valence-electron chi connectivity index (χ1n) is 13.6. The summed E-state index contributed by atoms with van der Waals surface area (Å²) in [7, 11) is 0. The summed E-state index contributed by atoms with van der Waals surface area (Å²) >= 11 is 0. The number of aromatic hydroxyl groups is 6. The van der Waals surface area contributed by atoms with Crippen LogP contribution < -0.4 is 0 Å². The van der Waals surface area contributed by atoms with Crippen LogP contribution >= 0.6 is 0 Å². The highest BCUT2D eigenvalue weighted by molar-refractivity contribution is 5.56. The fourth-order valence-electron chi connectivity index (χ4n) is 5.63. The molecule has 0 amide bonds. The Hall–Kier alpha value is -4.32. The van der Waals surface area contributed by atoms with Gasteiger partial charge in [-0.15, -0.1) is 0 Å². The van der Waals surface area contributed by atoms with Crippen LogP contribution in [0, 0.1) is 27.7 Å². The second-order valence-electron chi connectivity index (χ2n) is 10.9. The van der Waals surface area contributed by atoms with Crippen molar-refractivity contribution >= 4 is 0 Å². The largest absolute Gasteiger partial charge is 0.508 e. The van der Waals surface area contributed by atoms with Gasteiger partial charge in [-0.25, -0.2) is 0 Å². The van der Waals surface area contributed by atoms with Gasteiger partial charge in [-0.1, -0.05) is 37.6 Å². The molecule has 0 aliphatic heterocycles. The highest BCUT2D eigenvalue weighted by Crippen LogP contribution is 2.44. The maximum Gasteiger partial charge on any atom is 0.123 e. The van der Waals surface area contributed by atoms with E-state index in [1.54, 1.807) is 12.1 Å². The van der Waals surface area contributed by atoms with Gasteiger partial charge in [-0.3, -0.25) is 0 Å². The van der Waals surface area contributed by atoms with Crippen molar-refractivity contribution in [2.45, 2.75) is 66.2 Å². The predicted octanol–water partition coefficient (Wildman–Crippen LogP) is 7.27. The van der Waals surface area contributed by atoms with Crippen LogP contribution in [0.5, 0.6) is 34.5 Å². The molecule has 6 N–H and O–H groups in total. The Morgan fingerprint density at radius 1 is 0.500 bits per heavy atom. The highest BCUT2D eigenvalue weighted by Gasteiger charge is 2.24. The minimum absolute atomic E-state index is 0.0337. The maximum atomic E-state index is 11.0. The molecule has 4 aromatic carbocycles. The molecule has 0 aromatic heterocycles. The van der Waals surface area contributed by atoms with Crippen LogP contribution in [-0.4, -0.2) is 30.6 Å². The van der Waals surface area contributed by atoms with Crippen LogP contribution in [0.2, 0.25) is 0 Å². The minimum atomic E-state index is -0.393. The van der Waals surface area contributed by atoms with E-state index in [0.29, 0.717) is 41.5 Å². The maximum absolute atomic E-state index is 11.0. The molecule has 6 nitrogen and oxygen atoms in total. The summed E-state index contributed by atoms with van der Waals surface area (Å²) in [4.78, 5) is 0. The normalized spacial score (nSPS) is 11.3. The molecule has 0 radical (unpaired) electrons.